The van der Waals surface area contributed by atoms with Gasteiger partial charge in [-0.1, -0.05) is 0 Å². The van der Waals surface area contributed by atoms with Crippen LogP contribution in [0.25, 0.3) is 0 Å². The summed E-state index contributed by atoms with van der Waals surface area (Å²) in [6, 6.07) is 0. The van der Waals surface area contributed by atoms with E-state index in [2.05, 4.69) is 5.32 Å². The first-order valence-corrected chi connectivity index (χ1v) is 3.86. The molecule has 4 heteroatoms. The molecule has 0 radical (unpaired) electrons. The fraction of sp³-hybridized carbons (Fsp3) is 0.714. The lowest BCUT2D eigenvalue weighted by Gasteiger charge is -2.29. The molecule has 0 bridgehead atoms. The van der Waals surface area contributed by atoms with Crippen molar-refractivity contribution < 1.29 is 9.59 Å². The SMILES string of the molecule is O=C1CCN2C(=O)CCC2N1. The maximum Gasteiger partial charge on any atom is 0.224 e. The average Bonchev–Trinajstić information content (AvgIpc) is 2.32. The average molecular weight is 154 g/mol. The molecule has 11 heavy (non-hydrogen) atoms. The van der Waals surface area contributed by atoms with Gasteiger partial charge >= 0.3 is 0 Å². The molecule has 2 amide bonds. The number of amides is 2. The molecule has 4 nitrogen and oxygen atoms in total. The normalized spacial score (nSPS) is 30.2. The first kappa shape index (κ1) is 6.64. The van der Waals surface area contributed by atoms with E-state index in [0.29, 0.717) is 19.4 Å². The molecule has 0 aromatic rings. The molecule has 0 saturated carbocycles. The number of carbonyl (C=O) groups is 2. The number of nitrogens with one attached hydrogen (secondary N) is 1. The summed E-state index contributed by atoms with van der Waals surface area (Å²) in [6.45, 7) is 0.606. The van der Waals surface area contributed by atoms with Crippen LogP contribution < -0.4 is 5.32 Å². The lowest BCUT2D eigenvalue weighted by atomic mass is 10.2. The van der Waals surface area contributed by atoms with Crippen molar-refractivity contribution in [3.63, 3.8) is 0 Å². The smallest absolute Gasteiger partial charge is 0.224 e. The maximum atomic E-state index is 11.1. The second-order valence-corrected chi connectivity index (χ2v) is 2.96. The summed E-state index contributed by atoms with van der Waals surface area (Å²) in [7, 11) is 0. The molecule has 2 rings (SSSR count). The van der Waals surface area contributed by atoms with Crippen LogP contribution in [-0.4, -0.2) is 29.4 Å². The number of carbonyl (C=O) groups excluding carboxylic acids is 2. The zero-order chi connectivity index (χ0) is 7.84. The fourth-order valence-electron chi connectivity index (χ4n) is 1.64. The highest BCUT2D eigenvalue weighted by Gasteiger charge is 2.34. The van der Waals surface area contributed by atoms with Gasteiger partial charge in [0, 0.05) is 19.4 Å². The van der Waals surface area contributed by atoms with Gasteiger partial charge in [-0.25, -0.2) is 0 Å². The van der Waals surface area contributed by atoms with E-state index in [-0.39, 0.29) is 18.0 Å². The Balaban J connectivity index is 2.11. The number of fused-ring (bicyclic) bond motifs is 1. The van der Waals surface area contributed by atoms with Crippen LogP contribution in [0.15, 0.2) is 0 Å². The summed E-state index contributed by atoms with van der Waals surface area (Å²) in [6.07, 6.45) is 1.83. The Morgan fingerprint density at radius 1 is 1.36 bits per heavy atom. The highest BCUT2D eigenvalue weighted by Crippen LogP contribution is 2.19. The zero-order valence-electron chi connectivity index (χ0n) is 6.17. The van der Waals surface area contributed by atoms with Gasteiger partial charge in [0.05, 0.1) is 0 Å². The Labute approximate surface area is 64.5 Å². The van der Waals surface area contributed by atoms with Crippen LogP contribution in [0.1, 0.15) is 19.3 Å². The first-order valence-electron chi connectivity index (χ1n) is 3.86. The predicted molar refractivity (Wildman–Crippen MR) is 37.5 cm³/mol. The number of rotatable bonds is 0. The van der Waals surface area contributed by atoms with Gasteiger partial charge in [0.15, 0.2) is 0 Å². The largest absolute Gasteiger partial charge is 0.336 e. The van der Waals surface area contributed by atoms with Gasteiger partial charge in [0.2, 0.25) is 11.8 Å². The van der Waals surface area contributed by atoms with Crippen LogP contribution in [0, 0.1) is 0 Å². The minimum Gasteiger partial charge on any atom is -0.336 e. The summed E-state index contributed by atoms with van der Waals surface area (Å²) in [5.74, 6) is 0.246. The molecule has 0 spiro atoms. The Morgan fingerprint density at radius 2 is 2.18 bits per heavy atom. The van der Waals surface area contributed by atoms with Crippen LogP contribution in [0.2, 0.25) is 0 Å². The van der Waals surface area contributed by atoms with Gasteiger partial charge in [-0.3, -0.25) is 9.59 Å². The molecule has 2 aliphatic heterocycles. The maximum absolute atomic E-state index is 11.1. The first-order chi connectivity index (χ1) is 5.27. The van der Waals surface area contributed by atoms with Gasteiger partial charge in [-0.05, 0) is 6.42 Å². The third kappa shape index (κ3) is 0.982. The van der Waals surface area contributed by atoms with Crippen LogP contribution in [0.4, 0.5) is 0 Å². The van der Waals surface area contributed by atoms with Crippen LogP contribution in [0.5, 0.6) is 0 Å². The number of hydrogen-bond donors (Lipinski definition) is 1. The van der Waals surface area contributed by atoms with Gasteiger partial charge in [0.25, 0.3) is 0 Å². The molecule has 0 aromatic carbocycles. The van der Waals surface area contributed by atoms with E-state index >= 15 is 0 Å². The minimum absolute atomic E-state index is 0.00347. The van der Waals surface area contributed by atoms with E-state index in [9.17, 15) is 9.59 Å². The van der Waals surface area contributed by atoms with Crippen molar-refractivity contribution in [2.45, 2.75) is 25.4 Å². The molecule has 1 N–H and O–H groups in total. The van der Waals surface area contributed by atoms with Gasteiger partial charge in [0.1, 0.15) is 6.17 Å². The summed E-state index contributed by atoms with van der Waals surface area (Å²) in [5, 5.41) is 2.77. The van der Waals surface area contributed by atoms with Crippen LogP contribution >= 0.6 is 0 Å². The number of nitrogens with zero attached hydrogens (tertiary/aromatic N) is 1. The monoisotopic (exact) mass is 154 g/mol. The van der Waals surface area contributed by atoms with E-state index in [1.165, 1.54) is 0 Å². The molecule has 1 atom stereocenters. The van der Waals surface area contributed by atoms with Crippen molar-refractivity contribution >= 4 is 11.8 Å². The van der Waals surface area contributed by atoms with Gasteiger partial charge in [-0.2, -0.15) is 0 Å². The van der Waals surface area contributed by atoms with E-state index in [1.54, 1.807) is 4.90 Å². The van der Waals surface area contributed by atoms with Gasteiger partial charge in [-0.15, -0.1) is 0 Å². The van der Waals surface area contributed by atoms with Gasteiger partial charge < -0.3 is 10.2 Å². The van der Waals surface area contributed by atoms with Crippen molar-refractivity contribution in [3.8, 4) is 0 Å². The lowest BCUT2D eigenvalue weighted by Crippen LogP contribution is -2.51. The van der Waals surface area contributed by atoms with Crippen molar-refractivity contribution in [2.75, 3.05) is 6.54 Å². The summed E-state index contributed by atoms with van der Waals surface area (Å²) in [4.78, 5) is 23.7. The standard InChI is InChI=1S/C7H10N2O2/c10-6-3-4-9-5(8-6)1-2-7(9)11/h5H,1-4H2,(H,8,10). The van der Waals surface area contributed by atoms with E-state index in [0.717, 1.165) is 6.42 Å². The highest BCUT2D eigenvalue weighted by atomic mass is 16.2. The summed E-state index contributed by atoms with van der Waals surface area (Å²) >= 11 is 0. The van der Waals surface area contributed by atoms with Crippen molar-refractivity contribution in [1.29, 1.82) is 0 Å². The second-order valence-electron chi connectivity index (χ2n) is 2.96. The molecule has 2 heterocycles. The third-order valence-corrected chi connectivity index (χ3v) is 2.24. The molecule has 0 aliphatic carbocycles. The van der Waals surface area contributed by atoms with E-state index < -0.39 is 0 Å². The zero-order valence-corrected chi connectivity index (χ0v) is 6.17. The van der Waals surface area contributed by atoms with Crippen LogP contribution in [-0.2, 0) is 9.59 Å². The second kappa shape index (κ2) is 2.22. The van der Waals surface area contributed by atoms with Crippen molar-refractivity contribution in [3.05, 3.63) is 0 Å². The molecular formula is C7H10N2O2. The Hall–Kier alpha value is -1.06. The molecule has 60 valence electrons. The third-order valence-electron chi connectivity index (χ3n) is 2.24. The topological polar surface area (TPSA) is 49.4 Å². The summed E-state index contributed by atoms with van der Waals surface area (Å²) < 4.78 is 0. The molecule has 0 aromatic heterocycles. The fourth-order valence-corrected chi connectivity index (χ4v) is 1.64. The minimum atomic E-state index is 0.00347. The van der Waals surface area contributed by atoms with Crippen molar-refractivity contribution in [2.24, 2.45) is 0 Å². The molecule has 2 aliphatic rings. The Morgan fingerprint density at radius 3 is 3.00 bits per heavy atom. The molecule has 2 saturated heterocycles. The summed E-state index contributed by atoms with van der Waals surface area (Å²) in [5.41, 5.74) is 0. The van der Waals surface area contributed by atoms with E-state index in [4.69, 9.17) is 0 Å². The van der Waals surface area contributed by atoms with Crippen molar-refractivity contribution in [1.82, 2.24) is 10.2 Å². The quantitative estimate of drug-likeness (QED) is 0.509. The lowest BCUT2D eigenvalue weighted by molar-refractivity contribution is -0.134. The van der Waals surface area contributed by atoms with Crippen LogP contribution in [0.3, 0.4) is 0 Å². The molecule has 1 unspecified atom stereocenters. The van der Waals surface area contributed by atoms with E-state index in [1.807, 2.05) is 0 Å². The Bertz CT molecular complexity index is 214. The molecular weight excluding hydrogens is 144 g/mol. The predicted octanol–water partition coefficient (Wildman–Crippen LogP) is -0.545. The number of hydrogen-bond acceptors (Lipinski definition) is 2. The molecule has 2 fully saturated rings. The highest BCUT2D eigenvalue weighted by molar-refractivity contribution is 5.84. The Kier molecular flexibility index (Phi) is 1.34.